The van der Waals surface area contributed by atoms with E-state index in [1.54, 1.807) is 0 Å². The quantitative estimate of drug-likeness (QED) is 0.841. The minimum Gasteiger partial charge on any atom is -0.313 e. The summed E-state index contributed by atoms with van der Waals surface area (Å²) in [4.78, 5) is 2.47. The molecule has 4 nitrogen and oxygen atoms in total. The fraction of sp³-hybridized carbons (Fsp3) is 0.500. The van der Waals surface area contributed by atoms with E-state index in [4.69, 9.17) is 0 Å². The van der Waals surface area contributed by atoms with Crippen LogP contribution in [0.4, 0.5) is 0 Å². The van der Waals surface area contributed by atoms with Crippen LogP contribution in [-0.2, 0) is 19.6 Å². The Morgan fingerprint density at radius 1 is 1.00 bits per heavy atom. The number of rotatable bonds is 2. The zero-order valence-electron chi connectivity index (χ0n) is 12.8. The molecule has 1 aliphatic rings. The number of nitrogens with zero attached hydrogens (tertiary/aromatic N) is 4. The van der Waals surface area contributed by atoms with Gasteiger partial charge in [0.25, 0.3) is 0 Å². The largest absolute Gasteiger partial charge is 0.313 e. The Kier molecular flexibility index (Phi) is 3.34. The molecule has 0 aliphatic carbocycles. The predicted octanol–water partition coefficient (Wildman–Crippen LogP) is 2.53. The summed E-state index contributed by atoms with van der Waals surface area (Å²) >= 11 is 0. The van der Waals surface area contributed by atoms with Crippen LogP contribution in [0, 0.1) is 27.7 Å². The van der Waals surface area contributed by atoms with Crippen LogP contribution in [0.3, 0.4) is 0 Å². The third kappa shape index (κ3) is 2.36. The number of benzene rings is 1. The summed E-state index contributed by atoms with van der Waals surface area (Å²) in [5.74, 6) is 2.12. The van der Waals surface area contributed by atoms with E-state index in [0.717, 1.165) is 37.8 Å². The van der Waals surface area contributed by atoms with Crippen molar-refractivity contribution in [2.75, 3.05) is 6.54 Å². The summed E-state index contributed by atoms with van der Waals surface area (Å²) in [6.45, 7) is 12.6. The molecule has 1 aliphatic heterocycles. The molecule has 0 radical (unpaired) electrons. The molecule has 0 saturated carbocycles. The van der Waals surface area contributed by atoms with Gasteiger partial charge in [-0.25, -0.2) is 0 Å². The molecule has 0 bridgehead atoms. The van der Waals surface area contributed by atoms with Crippen molar-refractivity contribution in [3.8, 4) is 0 Å². The minimum atomic E-state index is 0.896. The number of hydrogen-bond acceptors (Lipinski definition) is 3. The van der Waals surface area contributed by atoms with Gasteiger partial charge in [-0.15, -0.1) is 10.2 Å². The van der Waals surface area contributed by atoms with Gasteiger partial charge >= 0.3 is 0 Å². The maximum absolute atomic E-state index is 4.28. The molecule has 20 heavy (non-hydrogen) atoms. The molecule has 0 spiro atoms. The highest BCUT2D eigenvalue weighted by molar-refractivity contribution is 5.37. The van der Waals surface area contributed by atoms with Gasteiger partial charge in [-0.2, -0.15) is 0 Å². The summed E-state index contributed by atoms with van der Waals surface area (Å²) < 4.78 is 2.23. The molecule has 1 aromatic heterocycles. The lowest BCUT2D eigenvalue weighted by atomic mass is 9.99. The molecule has 1 aromatic carbocycles. The van der Waals surface area contributed by atoms with Crippen molar-refractivity contribution in [2.45, 2.75) is 47.3 Å². The zero-order chi connectivity index (χ0) is 14.3. The average Bonchev–Trinajstić information content (AvgIpc) is 2.75. The molecule has 0 fully saturated rings. The zero-order valence-corrected chi connectivity index (χ0v) is 12.8. The molecule has 0 unspecified atom stereocenters. The summed E-state index contributed by atoms with van der Waals surface area (Å²) in [5, 5.41) is 8.45. The SMILES string of the molecule is Cc1cc(C)c(CN2CCn3c(C)nnc3C2)c(C)c1. The van der Waals surface area contributed by atoms with Gasteiger partial charge in [0.2, 0.25) is 0 Å². The Labute approximate surface area is 120 Å². The van der Waals surface area contributed by atoms with E-state index in [1.165, 1.54) is 22.3 Å². The Hall–Kier alpha value is -1.68. The lowest BCUT2D eigenvalue weighted by molar-refractivity contribution is 0.207. The van der Waals surface area contributed by atoms with Crippen molar-refractivity contribution in [1.29, 1.82) is 0 Å². The van der Waals surface area contributed by atoms with E-state index in [0.29, 0.717) is 0 Å². The number of hydrogen-bond donors (Lipinski definition) is 0. The van der Waals surface area contributed by atoms with Crippen molar-refractivity contribution >= 4 is 0 Å². The topological polar surface area (TPSA) is 34.0 Å². The Bertz CT molecular complexity index is 619. The summed E-state index contributed by atoms with van der Waals surface area (Å²) in [6, 6.07) is 4.55. The second-order valence-corrected chi connectivity index (χ2v) is 5.90. The third-order valence-electron chi connectivity index (χ3n) is 4.24. The van der Waals surface area contributed by atoms with Gasteiger partial charge in [-0.1, -0.05) is 17.7 Å². The molecule has 0 amide bonds. The van der Waals surface area contributed by atoms with E-state index < -0.39 is 0 Å². The Morgan fingerprint density at radius 3 is 2.40 bits per heavy atom. The van der Waals surface area contributed by atoms with E-state index in [1.807, 2.05) is 6.92 Å². The maximum atomic E-state index is 4.28. The summed E-state index contributed by atoms with van der Waals surface area (Å²) in [5.41, 5.74) is 5.59. The normalized spacial score (nSPS) is 15.4. The molecule has 4 heteroatoms. The number of aryl methyl sites for hydroxylation is 4. The van der Waals surface area contributed by atoms with Crippen LogP contribution in [0.5, 0.6) is 0 Å². The fourth-order valence-electron chi connectivity index (χ4n) is 3.17. The van der Waals surface area contributed by atoms with Crippen molar-refractivity contribution < 1.29 is 0 Å². The van der Waals surface area contributed by atoms with E-state index in [2.05, 4.69) is 52.6 Å². The maximum Gasteiger partial charge on any atom is 0.147 e. The van der Waals surface area contributed by atoms with Crippen molar-refractivity contribution in [2.24, 2.45) is 0 Å². The molecule has 0 atom stereocenters. The first-order valence-corrected chi connectivity index (χ1v) is 7.22. The summed E-state index contributed by atoms with van der Waals surface area (Å²) in [7, 11) is 0. The van der Waals surface area contributed by atoms with Crippen LogP contribution in [0.2, 0.25) is 0 Å². The van der Waals surface area contributed by atoms with Crippen LogP contribution >= 0.6 is 0 Å². The van der Waals surface area contributed by atoms with Crippen LogP contribution in [-0.4, -0.2) is 26.2 Å². The first kappa shape index (κ1) is 13.3. The summed E-state index contributed by atoms with van der Waals surface area (Å²) in [6.07, 6.45) is 0. The second-order valence-electron chi connectivity index (χ2n) is 5.90. The Morgan fingerprint density at radius 2 is 1.70 bits per heavy atom. The predicted molar refractivity (Wildman–Crippen MR) is 79.5 cm³/mol. The standard InChI is InChI=1S/C16H22N4/c1-11-7-12(2)15(13(3)8-11)9-19-5-6-20-14(4)17-18-16(20)10-19/h7-8H,5-6,9-10H2,1-4H3. The number of aromatic nitrogens is 3. The molecular formula is C16H22N4. The monoisotopic (exact) mass is 270 g/mol. The smallest absolute Gasteiger partial charge is 0.147 e. The highest BCUT2D eigenvalue weighted by Crippen LogP contribution is 2.21. The van der Waals surface area contributed by atoms with Gasteiger partial charge in [0.15, 0.2) is 0 Å². The van der Waals surface area contributed by atoms with Crippen molar-refractivity contribution in [1.82, 2.24) is 19.7 Å². The van der Waals surface area contributed by atoms with Gasteiger partial charge in [0.1, 0.15) is 11.6 Å². The van der Waals surface area contributed by atoms with Crippen molar-refractivity contribution in [3.05, 3.63) is 46.0 Å². The number of fused-ring (bicyclic) bond motifs is 1. The van der Waals surface area contributed by atoms with Crippen LogP contribution in [0.25, 0.3) is 0 Å². The second kappa shape index (κ2) is 5.02. The van der Waals surface area contributed by atoms with Gasteiger partial charge in [-0.05, 0) is 44.4 Å². The van der Waals surface area contributed by atoms with Crippen LogP contribution in [0.15, 0.2) is 12.1 Å². The highest BCUT2D eigenvalue weighted by atomic mass is 15.3. The molecular weight excluding hydrogens is 248 g/mol. The fourth-order valence-corrected chi connectivity index (χ4v) is 3.17. The first-order valence-electron chi connectivity index (χ1n) is 7.22. The van der Waals surface area contributed by atoms with E-state index in [-0.39, 0.29) is 0 Å². The Balaban J connectivity index is 1.80. The average molecular weight is 270 g/mol. The van der Waals surface area contributed by atoms with Crippen LogP contribution in [0.1, 0.15) is 33.9 Å². The molecule has 2 aromatic rings. The lowest BCUT2D eigenvalue weighted by Gasteiger charge is -2.28. The molecule has 106 valence electrons. The van der Waals surface area contributed by atoms with Crippen molar-refractivity contribution in [3.63, 3.8) is 0 Å². The lowest BCUT2D eigenvalue weighted by Crippen LogP contribution is -2.34. The molecule has 0 saturated heterocycles. The van der Waals surface area contributed by atoms with Gasteiger partial charge in [-0.3, -0.25) is 4.90 Å². The molecule has 0 N–H and O–H groups in total. The molecule has 2 heterocycles. The minimum absolute atomic E-state index is 0.896. The first-order chi connectivity index (χ1) is 9.54. The van der Waals surface area contributed by atoms with E-state index >= 15 is 0 Å². The third-order valence-corrected chi connectivity index (χ3v) is 4.24. The highest BCUT2D eigenvalue weighted by Gasteiger charge is 2.20. The molecule has 3 rings (SSSR count). The van der Waals surface area contributed by atoms with Gasteiger partial charge in [0, 0.05) is 19.6 Å². The van der Waals surface area contributed by atoms with Crippen LogP contribution < -0.4 is 0 Å². The van der Waals surface area contributed by atoms with Gasteiger partial charge < -0.3 is 4.57 Å². The van der Waals surface area contributed by atoms with E-state index in [9.17, 15) is 0 Å². The van der Waals surface area contributed by atoms with Gasteiger partial charge in [0.05, 0.1) is 6.54 Å².